The van der Waals surface area contributed by atoms with Crippen LogP contribution in [-0.4, -0.2) is 32.8 Å². The van der Waals surface area contributed by atoms with E-state index >= 15 is 0 Å². The van der Waals surface area contributed by atoms with Gasteiger partial charge >= 0.3 is 0 Å². The smallest absolute Gasteiger partial charge is 0.280 e. The second-order valence-corrected chi connectivity index (χ2v) is 9.21. The largest absolute Gasteiger partial charge is 0.497 e. The maximum atomic E-state index is 14.2. The van der Waals surface area contributed by atoms with Crippen molar-refractivity contribution in [3.8, 4) is 17.0 Å². The lowest BCUT2D eigenvalue weighted by Crippen LogP contribution is -2.27. The number of aromatic nitrogens is 4. The Hall–Kier alpha value is -4.52. The van der Waals surface area contributed by atoms with Crippen LogP contribution in [0.25, 0.3) is 22.4 Å². The van der Waals surface area contributed by atoms with Crippen molar-refractivity contribution in [1.29, 1.82) is 0 Å². The summed E-state index contributed by atoms with van der Waals surface area (Å²) in [5.74, 6) is 1.21. The van der Waals surface area contributed by atoms with Crippen LogP contribution in [0.4, 0.5) is 5.82 Å². The summed E-state index contributed by atoms with van der Waals surface area (Å²) in [6.07, 6.45) is 10.4. The van der Waals surface area contributed by atoms with E-state index in [0.29, 0.717) is 17.8 Å². The van der Waals surface area contributed by atoms with E-state index in [0.717, 1.165) is 58.8 Å². The number of allylic oxidation sites excluding steroid dienone is 4. The van der Waals surface area contributed by atoms with Gasteiger partial charge in [-0.25, -0.2) is 9.97 Å². The van der Waals surface area contributed by atoms with Gasteiger partial charge in [-0.1, -0.05) is 48.5 Å². The van der Waals surface area contributed by atoms with Crippen molar-refractivity contribution in [2.24, 2.45) is 0 Å². The van der Waals surface area contributed by atoms with Crippen LogP contribution < -0.4 is 10.1 Å². The number of nitrogens with zero attached hydrogens (tertiary/aromatic N) is 4. The van der Waals surface area contributed by atoms with Crippen molar-refractivity contribution in [3.05, 3.63) is 102 Å². The van der Waals surface area contributed by atoms with Crippen LogP contribution in [0.15, 0.2) is 85.0 Å². The minimum Gasteiger partial charge on any atom is -0.497 e. The van der Waals surface area contributed by atoms with Crippen LogP contribution in [0.5, 0.6) is 5.75 Å². The number of hydrogen-bond acceptors (Lipinski definition) is 6. The first-order valence-corrected chi connectivity index (χ1v) is 12.5. The fourth-order valence-electron chi connectivity index (χ4n) is 5.16. The van der Waals surface area contributed by atoms with Crippen LogP contribution in [0, 0.1) is 0 Å². The normalized spacial score (nSPS) is 15.3. The SMILES string of the molecule is COc1ccc(C2=C(Nc3ccncn3)Cc3c(C4=CCCCC4)c(-c4ccccc4)nn3C2=O)cc1. The second-order valence-electron chi connectivity index (χ2n) is 9.21. The van der Waals surface area contributed by atoms with E-state index in [1.807, 2.05) is 42.5 Å². The molecule has 0 saturated heterocycles. The van der Waals surface area contributed by atoms with Gasteiger partial charge < -0.3 is 10.1 Å². The number of rotatable bonds is 6. The molecule has 7 heteroatoms. The Balaban J connectivity index is 1.53. The van der Waals surface area contributed by atoms with Crippen LogP contribution in [0.1, 0.15) is 47.3 Å². The third kappa shape index (κ3) is 4.33. The Morgan fingerprint density at radius 2 is 1.81 bits per heavy atom. The molecule has 0 radical (unpaired) electrons. The van der Waals surface area contributed by atoms with Crippen molar-refractivity contribution in [2.75, 3.05) is 12.4 Å². The lowest BCUT2D eigenvalue weighted by molar-refractivity contribution is 0.0958. The highest BCUT2D eigenvalue weighted by atomic mass is 16.5. The van der Waals surface area contributed by atoms with Crippen molar-refractivity contribution in [1.82, 2.24) is 19.7 Å². The molecule has 0 fully saturated rings. The number of hydrogen-bond donors (Lipinski definition) is 1. The van der Waals surface area contributed by atoms with E-state index in [4.69, 9.17) is 9.84 Å². The van der Waals surface area contributed by atoms with E-state index in [-0.39, 0.29) is 5.91 Å². The Labute approximate surface area is 215 Å². The van der Waals surface area contributed by atoms with E-state index in [1.54, 1.807) is 24.1 Å². The van der Waals surface area contributed by atoms with Gasteiger partial charge in [0.2, 0.25) is 0 Å². The average Bonchev–Trinajstić information content (AvgIpc) is 3.35. The molecule has 0 unspecified atom stereocenters. The number of ether oxygens (including phenoxy) is 1. The number of benzene rings is 2. The Kier molecular flexibility index (Phi) is 6.10. The molecule has 0 bridgehead atoms. The summed E-state index contributed by atoms with van der Waals surface area (Å²) in [4.78, 5) is 22.6. The highest BCUT2D eigenvalue weighted by molar-refractivity contribution is 6.23. The molecule has 3 heterocycles. The summed E-state index contributed by atoms with van der Waals surface area (Å²) in [6.45, 7) is 0. The molecule has 7 nitrogen and oxygen atoms in total. The summed E-state index contributed by atoms with van der Waals surface area (Å²) in [5.41, 5.74) is 7.28. The average molecular weight is 490 g/mol. The van der Waals surface area contributed by atoms with Crippen LogP contribution in [0.2, 0.25) is 0 Å². The third-order valence-electron chi connectivity index (χ3n) is 6.93. The maximum Gasteiger partial charge on any atom is 0.280 e. The molecular weight excluding hydrogens is 462 g/mol. The summed E-state index contributed by atoms with van der Waals surface area (Å²) in [5, 5.41) is 8.37. The molecule has 2 aliphatic rings. The molecule has 2 aromatic carbocycles. The van der Waals surface area contributed by atoms with Gasteiger partial charge in [0.05, 0.1) is 18.4 Å². The minimum atomic E-state index is -0.164. The van der Waals surface area contributed by atoms with Crippen LogP contribution in [0.3, 0.4) is 0 Å². The van der Waals surface area contributed by atoms with Gasteiger partial charge in [0.15, 0.2) is 0 Å². The van der Waals surface area contributed by atoms with Crippen molar-refractivity contribution in [3.63, 3.8) is 0 Å². The van der Waals surface area contributed by atoms with E-state index < -0.39 is 0 Å². The molecule has 184 valence electrons. The second kappa shape index (κ2) is 9.85. The van der Waals surface area contributed by atoms with Gasteiger partial charge in [0.25, 0.3) is 5.91 Å². The van der Waals surface area contributed by atoms with Crippen molar-refractivity contribution < 1.29 is 9.53 Å². The molecule has 6 rings (SSSR count). The molecule has 1 aliphatic heterocycles. The third-order valence-corrected chi connectivity index (χ3v) is 6.93. The molecule has 1 N–H and O–H groups in total. The first kappa shape index (κ1) is 22.9. The van der Waals surface area contributed by atoms with Crippen LogP contribution in [-0.2, 0) is 6.42 Å². The van der Waals surface area contributed by atoms with Gasteiger partial charge in [0.1, 0.15) is 23.6 Å². The van der Waals surface area contributed by atoms with Crippen molar-refractivity contribution in [2.45, 2.75) is 32.1 Å². The predicted octanol–water partition coefficient (Wildman–Crippen LogP) is 6.03. The summed E-state index contributed by atoms with van der Waals surface area (Å²) < 4.78 is 6.95. The van der Waals surface area contributed by atoms with Gasteiger partial charge in [-0.05, 0) is 55.0 Å². The number of fused-ring (bicyclic) bond motifs is 1. The lowest BCUT2D eigenvalue weighted by atomic mass is 9.88. The summed E-state index contributed by atoms with van der Waals surface area (Å²) in [7, 11) is 1.63. The number of carbonyl (C=O) groups excluding carboxylic acids is 1. The monoisotopic (exact) mass is 489 g/mol. The number of methoxy groups -OCH3 is 1. The topological polar surface area (TPSA) is 81.9 Å². The predicted molar refractivity (Wildman–Crippen MR) is 144 cm³/mol. The van der Waals surface area contributed by atoms with Gasteiger partial charge in [-0.3, -0.25) is 4.79 Å². The molecule has 0 amide bonds. The summed E-state index contributed by atoms with van der Waals surface area (Å²) >= 11 is 0. The molecule has 2 aromatic heterocycles. The minimum absolute atomic E-state index is 0.164. The van der Waals surface area contributed by atoms with E-state index in [9.17, 15) is 4.79 Å². The Morgan fingerprint density at radius 3 is 2.51 bits per heavy atom. The molecule has 0 atom stereocenters. The van der Waals surface area contributed by atoms with E-state index in [2.05, 4.69) is 33.5 Å². The Morgan fingerprint density at radius 1 is 0.973 bits per heavy atom. The zero-order chi connectivity index (χ0) is 25.2. The highest BCUT2D eigenvalue weighted by Crippen LogP contribution is 2.40. The lowest BCUT2D eigenvalue weighted by Gasteiger charge is -2.23. The Bertz CT molecular complexity index is 1500. The quantitative estimate of drug-likeness (QED) is 0.356. The standard InChI is InChI=1S/C30H27N5O2/c1-37-23-14-12-21(13-15-23)27-24(33-26-16-17-31-19-32-26)18-25-28(20-8-4-2-5-9-20)29(34-35(25)30(27)36)22-10-6-3-7-11-22/h3,6-8,10-17,19H,2,4-5,9,18H2,1H3,(H,31,32,33). The number of anilines is 1. The molecule has 0 spiro atoms. The molecule has 0 saturated carbocycles. The fourth-order valence-corrected chi connectivity index (χ4v) is 5.16. The molecule has 4 aromatic rings. The number of nitrogens with one attached hydrogen (secondary N) is 1. The van der Waals surface area contributed by atoms with E-state index in [1.165, 1.54) is 18.3 Å². The first-order chi connectivity index (χ1) is 18.2. The highest BCUT2D eigenvalue weighted by Gasteiger charge is 2.33. The maximum absolute atomic E-state index is 14.2. The summed E-state index contributed by atoms with van der Waals surface area (Å²) in [6, 6.07) is 19.5. The van der Waals surface area contributed by atoms with Gasteiger partial charge in [-0.15, -0.1) is 0 Å². The number of carbonyl (C=O) groups is 1. The van der Waals surface area contributed by atoms with Gasteiger partial charge in [-0.2, -0.15) is 9.78 Å². The zero-order valence-electron chi connectivity index (χ0n) is 20.6. The molecule has 1 aliphatic carbocycles. The van der Waals surface area contributed by atoms with Gasteiger partial charge in [0, 0.05) is 29.4 Å². The fraction of sp³-hybridized carbons (Fsp3) is 0.200. The first-order valence-electron chi connectivity index (χ1n) is 12.5. The van der Waals surface area contributed by atoms with Crippen LogP contribution >= 0.6 is 0 Å². The van der Waals surface area contributed by atoms with Crippen molar-refractivity contribution >= 4 is 22.9 Å². The molecular formula is C30H27N5O2. The molecule has 37 heavy (non-hydrogen) atoms. The zero-order valence-corrected chi connectivity index (χ0v) is 20.6.